The standard InChI is InChI=1S/C29H35N3O6S/c1-21-10-9-13-23(16-21)19-31(26(29(34)30-2)17-22-11-7-6-8-12-22)28(33)20-32(39(5,35)36)25-15-14-24(37-3)18-27(25)38-4/h6-16,18,26H,17,19-20H2,1-5H3,(H,30,34)/t26-/m1/s1. The van der Waals surface area contributed by atoms with Crippen molar-refractivity contribution in [1.29, 1.82) is 0 Å². The smallest absolute Gasteiger partial charge is 0.244 e. The van der Waals surface area contributed by atoms with E-state index in [1.165, 1.54) is 32.2 Å². The number of methoxy groups -OCH3 is 2. The van der Waals surface area contributed by atoms with E-state index in [1.807, 2.05) is 61.5 Å². The fourth-order valence-electron chi connectivity index (χ4n) is 4.31. The number of nitrogens with zero attached hydrogens (tertiary/aromatic N) is 2. The van der Waals surface area contributed by atoms with E-state index >= 15 is 0 Å². The molecule has 0 aromatic heterocycles. The number of sulfonamides is 1. The molecule has 0 spiro atoms. The second-order valence-electron chi connectivity index (χ2n) is 9.14. The van der Waals surface area contributed by atoms with Crippen molar-refractivity contribution in [2.75, 3.05) is 38.4 Å². The molecule has 0 heterocycles. The number of carbonyl (C=O) groups excluding carboxylic acids is 2. The van der Waals surface area contributed by atoms with Crippen LogP contribution in [0.3, 0.4) is 0 Å². The van der Waals surface area contributed by atoms with Gasteiger partial charge >= 0.3 is 0 Å². The second kappa shape index (κ2) is 13.1. The Bertz CT molecular complexity index is 1400. The van der Waals surface area contributed by atoms with Gasteiger partial charge in [-0.2, -0.15) is 0 Å². The SMILES string of the molecule is CNC(=O)[C@@H](Cc1ccccc1)N(Cc1cccc(C)c1)C(=O)CN(c1ccc(OC)cc1OC)S(C)(=O)=O. The molecule has 0 aliphatic rings. The van der Waals surface area contributed by atoms with Crippen LogP contribution in [-0.4, -0.2) is 65.2 Å². The van der Waals surface area contributed by atoms with Crippen LogP contribution in [0.1, 0.15) is 16.7 Å². The molecule has 0 aliphatic carbocycles. The van der Waals surface area contributed by atoms with Crippen LogP contribution < -0.4 is 19.1 Å². The van der Waals surface area contributed by atoms with Gasteiger partial charge < -0.3 is 19.7 Å². The highest BCUT2D eigenvalue weighted by atomic mass is 32.2. The van der Waals surface area contributed by atoms with E-state index in [2.05, 4.69) is 5.32 Å². The summed E-state index contributed by atoms with van der Waals surface area (Å²) in [6.07, 6.45) is 1.28. The molecule has 10 heteroatoms. The van der Waals surface area contributed by atoms with Crippen molar-refractivity contribution in [3.63, 3.8) is 0 Å². The molecular weight excluding hydrogens is 518 g/mol. The van der Waals surface area contributed by atoms with Crippen LogP contribution in [0.4, 0.5) is 5.69 Å². The number of anilines is 1. The molecule has 3 aromatic carbocycles. The van der Waals surface area contributed by atoms with Crippen molar-refractivity contribution in [1.82, 2.24) is 10.2 Å². The Balaban J connectivity index is 2.06. The minimum Gasteiger partial charge on any atom is -0.497 e. The number of aryl methyl sites for hydroxylation is 1. The van der Waals surface area contributed by atoms with Gasteiger partial charge in [0.1, 0.15) is 24.1 Å². The topological polar surface area (TPSA) is 105 Å². The van der Waals surface area contributed by atoms with Crippen LogP contribution in [0.15, 0.2) is 72.8 Å². The predicted molar refractivity (Wildman–Crippen MR) is 151 cm³/mol. The molecule has 1 atom stereocenters. The summed E-state index contributed by atoms with van der Waals surface area (Å²) in [4.78, 5) is 28.6. The van der Waals surface area contributed by atoms with Gasteiger partial charge in [-0.15, -0.1) is 0 Å². The van der Waals surface area contributed by atoms with Crippen LogP contribution in [-0.2, 0) is 32.6 Å². The Kier molecular flexibility index (Phi) is 9.95. The lowest BCUT2D eigenvalue weighted by atomic mass is 10.0. The van der Waals surface area contributed by atoms with Crippen LogP contribution in [0.2, 0.25) is 0 Å². The van der Waals surface area contributed by atoms with Gasteiger partial charge in [-0.05, 0) is 30.2 Å². The third-order valence-corrected chi connectivity index (χ3v) is 7.41. The number of hydrogen-bond acceptors (Lipinski definition) is 6. The average molecular weight is 554 g/mol. The monoisotopic (exact) mass is 553 g/mol. The fraction of sp³-hybridized carbons (Fsp3) is 0.310. The Hall–Kier alpha value is -4.05. The summed E-state index contributed by atoms with van der Waals surface area (Å²) in [5.74, 6) is -0.193. The molecule has 0 bridgehead atoms. The lowest BCUT2D eigenvalue weighted by Crippen LogP contribution is -2.52. The number of benzene rings is 3. The molecule has 0 aliphatic heterocycles. The van der Waals surface area contributed by atoms with Gasteiger partial charge in [0.2, 0.25) is 21.8 Å². The lowest BCUT2D eigenvalue weighted by Gasteiger charge is -2.33. The molecule has 1 N–H and O–H groups in total. The summed E-state index contributed by atoms with van der Waals surface area (Å²) in [5.41, 5.74) is 2.87. The number of likely N-dealkylation sites (N-methyl/N-ethyl adjacent to an activating group) is 1. The number of nitrogens with one attached hydrogen (secondary N) is 1. The molecule has 2 amide bonds. The highest BCUT2D eigenvalue weighted by Gasteiger charge is 2.33. The number of hydrogen-bond donors (Lipinski definition) is 1. The average Bonchev–Trinajstić information content (AvgIpc) is 2.92. The molecular formula is C29H35N3O6S. The third-order valence-electron chi connectivity index (χ3n) is 6.29. The first-order chi connectivity index (χ1) is 18.6. The highest BCUT2D eigenvalue weighted by molar-refractivity contribution is 7.92. The van der Waals surface area contributed by atoms with Crippen LogP contribution in [0, 0.1) is 6.92 Å². The maximum atomic E-state index is 14.0. The number of ether oxygens (including phenoxy) is 2. The summed E-state index contributed by atoms with van der Waals surface area (Å²) < 4.78 is 37.6. The molecule has 0 unspecified atom stereocenters. The number of rotatable bonds is 12. The maximum Gasteiger partial charge on any atom is 0.244 e. The zero-order valence-electron chi connectivity index (χ0n) is 22.9. The van der Waals surface area contributed by atoms with Gasteiger partial charge in [-0.1, -0.05) is 60.2 Å². The number of amides is 2. The minimum atomic E-state index is -3.92. The van der Waals surface area contributed by atoms with E-state index in [9.17, 15) is 18.0 Å². The third kappa shape index (κ3) is 7.73. The van der Waals surface area contributed by atoms with E-state index in [0.29, 0.717) is 5.75 Å². The van der Waals surface area contributed by atoms with Crippen molar-refractivity contribution < 1.29 is 27.5 Å². The van der Waals surface area contributed by atoms with Crippen molar-refractivity contribution in [2.45, 2.75) is 25.9 Å². The predicted octanol–water partition coefficient (Wildman–Crippen LogP) is 3.16. The molecule has 0 radical (unpaired) electrons. The fourth-order valence-corrected chi connectivity index (χ4v) is 5.17. The molecule has 3 aromatic rings. The highest BCUT2D eigenvalue weighted by Crippen LogP contribution is 2.33. The van der Waals surface area contributed by atoms with Crippen LogP contribution in [0.25, 0.3) is 0 Å². The zero-order valence-corrected chi connectivity index (χ0v) is 23.7. The van der Waals surface area contributed by atoms with Crippen molar-refractivity contribution in [2.24, 2.45) is 0 Å². The van der Waals surface area contributed by atoms with Crippen LogP contribution >= 0.6 is 0 Å². The van der Waals surface area contributed by atoms with Crippen molar-refractivity contribution >= 4 is 27.5 Å². The van der Waals surface area contributed by atoms with E-state index < -0.39 is 28.5 Å². The minimum absolute atomic E-state index is 0.114. The molecule has 0 saturated heterocycles. The summed E-state index contributed by atoms with van der Waals surface area (Å²) >= 11 is 0. The summed E-state index contributed by atoms with van der Waals surface area (Å²) in [6, 6.07) is 20.8. The Labute approximate surface area is 230 Å². The summed E-state index contributed by atoms with van der Waals surface area (Å²) in [7, 11) is 0.486. The molecule has 208 valence electrons. The largest absolute Gasteiger partial charge is 0.497 e. The molecule has 0 saturated carbocycles. The zero-order chi connectivity index (χ0) is 28.6. The first-order valence-electron chi connectivity index (χ1n) is 12.4. The summed E-state index contributed by atoms with van der Waals surface area (Å²) in [6.45, 7) is 1.52. The van der Waals surface area contributed by atoms with E-state index in [-0.39, 0.29) is 30.3 Å². The van der Waals surface area contributed by atoms with Gasteiger partial charge in [0.25, 0.3) is 0 Å². The van der Waals surface area contributed by atoms with E-state index in [1.54, 1.807) is 12.1 Å². The first kappa shape index (κ1) is 29.5. The van der Waals surface area contributed by atoms with Gasteiger partial charge in [0, 0.05) is 26.1 Å². The van der Waals surface area contributed by atoms with Gasteiger partial charge in [-0.3, -0.25) is 13.9 Å². The maximum absolute atomic E-state index is 14.0. The van der Waals surface area contributed by atoms with E-state index in [4.69, 9.17) is 9.47 Å². The van der Waals surface area contributed by atoms with Gasteiger partial charge in [0.15, 0.2) is 0 Å². The summed E-state index contributed by atoms with van der Waals surface area (Å²) in [5, 5.41) is 2.67. The Morgan fingerprint density at radius 1 is 0.923 bits per heavy atom. The first-order valence-corrected chi connectivity index (χ1v) is 14.2. The second-order valence-corrected chi connectivity index (χ2v) is 11.0. The van der Waals surface area contributed by atoms with Crippen molar-refractivity contribution in [3.05, 3.63) is 89.5 Å². The Morgan fingerprint density at radius 2 is 1.62 bits per heavy atom. The normalized spacial score (nSPS) is 11.8. The van der Waals surface area contributed by atoms with Gasteiger partial charge in [-0.25, -0.2) is 8.42 Å². The quantitative estimate of drug-likeness (QED) is 0.370. The molecule has 9 nitrogen and oxygen atoms in total. The van der Waals surface area contributed by atoms with Crippen LogP contribution in [0.5, 0.6) is 11.5 Å². The van der Waals surface area contributed by atoms with E-state index in [0.717, 1.165) is 27.3 Å². The lowest BCUT2D eigenvalue weighted by molar-refractivity contribution is -0.139. The molecule has 3 rings (SSSR count). The van der Waals surface area contributed by atoms with Gasteiger partial charge in [0.05, 0.1) is 26.2 Å². The Morgan fingerprint density at radius 3 is 2.21 bits per heavy atom. The number of carbonyl (C=O) groups is 2. The molecule has 39 heavy (non-hydrogen) atoms. The van der Waals surface area contributed by atoms with Crippen molar-refractivity contribution in [3.8, 4) is 11.5 Å². The molecule has 0 fully saturated rings.